The summed E-state index contributed by atoms with van der Waals surface area (Å²) in [6.07, 6.45) is 4.42. The smallest absolute Gasteiger partial charge is 0.369 e. The number of hydrogen-bond donors (Lipinski definition) is 3. The number of methoxy groups -OCH3 is 1. The minimum absolute atomic E-state index is 0.0119. The van der Waals surface area contributed by atoms with Gasteiger partial charge in [-0.25, -0.2) is 0 Å². The molecule has 2 fully saturated rings. The Morgan fingerprint density at radius 1 is 0.672 bits per heavy atom. The van der Waals surface area contributed by atoms with Crippen molar-refractivity contribution in [3.8, 4) is 34.5 Å². The number of hydrogen-bond acceptors (Lipinski definition) is 8. The fourth-order valence-corrected chi connectivity index (χ4v) is 9.28. The topological polar surface area (TPSA) is 113 Å². The number of nitrogens with one attached hydrogen (secondary N) is 2. The summed E-state index contributed by atoms with van der Waals surface area (Å²) < 4.78 is 18.4. The number of ether oxygens (including phenoxy) is 3. The van der Waals surface area contributed by atoms with Crippen LogP contribution in [0, 0.1) is 11.8 Å². The van der Waals surface area contributed by atoms with Gasteiger partial charge in [0.15, 0.2) is 23.0 Å². The Balaban J connectivity index is 0.000000211. The Bertz CT molecular complexity index is 2150. The summed E-state index contributed by atoms with van der Waals surface area (Å²) in [5.41, 5.74) is 5.82. The normalized spacial score (nSPS) is 17.2. The van der Waals surface area contributed by atoms with Crippen molar-refractivity contribution in [2.45, 2.75) is 65.2 Å². The number of nitrogens with zero attached hydrogens (tertiary/aromatic N) is 2. The van der Waals surface area contributed by atoms with Crippen LogP contribution in [0.25, 0.3) is 0 Å². The maximum atomic E-state index is 12.9. The van der Waals surface area contributed by atoms with Gasteiger partial charge in [0, 0.05) is 71.4 Å². The van der Waals surface area contributed by atoms with E-state index in [0.717, 1.165) is 80.2 Å². The van der Waals surface area contributed by atoms with E-state index >= 15 is 0 Å². The van der Waals surface area contributed by atoms with E-state index in [9.17, 15) is 14.7 Å². The molecule has 0 aromatic heterocycles. The summed E-state index contributed by atoms with van der Waals surface area (Å²) >= 11 is 18.8. The lowest BCUT2D eigenvalue weighted by molar-refractivity contribution is 0.0764. The van der Waals surface area contributed by atoms with E-state index in [1.165, 1.54) is 11.1 Å². The van der Waals surface area contributed by atoms with Crippen LogP contribution in [0.3, 0.4) is 0 Å². The summed E-state index contributed by atoms with van der Waals surface area (Å²) in [5.74, 6) is 5.19. The number of phenols is 1. The van der Waals surface area contributed by atoms with Crippen LogP contribution < -0.4 is 24.8 Å². The molecule has 4 aliphatic rings. The first kappa shape index (κ1) is 52.0. The summed E-state index contributed by atoms with van der Waals surface area (Å²) in [6, 6.07) is 23.5. The molecule has 3 N–H and O–H groups in total. The zero-order chi connectivity index (χ0) is 46.3. The molecule has 4 heterocycles. The first-order valence-electron chi connectivity index (χ1n) is 22.1. The number of aromatic hydroxyl groups is 1. The molecule has 2 saturated heterocycles. The maximum Gasteiger partial charge on any atom is 0.369 e. The second-order valence-electron chi connectivity index (χ2n) is 15.7. The van der Waals surface area contributed by atoms with Gasteiger partial charge in [0.05, 0.1) is 12.4 Å². The van der Waals surface area contributed by atoms with Gasteiger partial charge in [0.1, 0.15) is 11.5 Å². The molecule has 2 amide bonds. The maximum absolute atomic E-state index is 12.9. The fraction of sp³-hybridized carbons (Fsp3) is 0.458. The molecule has 2 unspecified atom stereocenters. The molecule has 0 spiro atoms. The first-order chi connectivity index (χ1) is 31.0. The number of phenolic OH excluding ortho intramolecular Hbond substituents is 1. The molecule has 4 aliphatic heterocycles. The van der Waals surface area contributed by atoms with Crippen LogP contribution in [-0.4, -0.2) is 94.7 Å². The predicted octanol–water partition coefficient (Wildman–Crippen LogP) is 12.1. The quantitative estimate of drug-likeness (QED) is 0.112. The van der Waals surface area contributed by atoms with Gasteiger partial charge in [-0.1, -0.05) is 36.4 Å². The number of para-hydroxylation sites is 2. The van der Waals surface area contributed by atoms with Crippen LogP contribution in [0.15, 0.2) is 72.8 Å². The Morgan fingerprint density at radius 2 is 1.06 bits per heavy atom. The molecule has 0 bridgehead atoms. The number of carbonyl (C=O) groups excluding carboxylic acids is 2. The number of carbonyl (C=O) groups is 2. The van der Waals surface area contributed by atoms with Gasteiger partial charge in [0.2, 0.25) is 0 Å². The highest BCUT2D eigenvalue weighted by molar-refractivity contribution is 9.69. The number of halogens is 5. The number of benzene rings is 4. The molecule has 2 atom stereocenters. The molecule has 0 aliphatic carbocycles. The molecule has 4 aromatic rings. The van der Waals surface area contributed by atoms with E-state index in [-0.39, 0.29) is 37.9 Å². The minimum Gasteiger partial charge on any atom is -0.504 e. The van der Waals surface area contributed by atoms with E-state index in [1.807, 2.05) is 81.1 Å². The van der Waals surface area contributed by atoms with Crippen LogP contribution in [0.5, 0.6) is 34.5 Å². The number of fused-ring (bicyclic) bond motifs is 4. The van der Waals surface area contributed by atoms with E-state index in [2.05, 4.69) is 76.1 Å². The molecule has 0 saturated carbocycles. The molecule has 4 aromatic carbocycles. The van der Waals surface area contributed by atoms with Crippen molar-refractivity contribution in [1.29, 1.82) is 0 Å². The molecular formula is C48H60BBr3Cl2N4O6. The van der Waals surface area contributed by atoms with E-state index < -0.39 is 0 Å². The van der Waals surface area contributed by atoms with Crippen LogP contribution in [0.1, 0.15) is 108 Å². The average molecular weight is 1110 g/mol. The fourth-order valence-electron chi connectivity index (χ4n) is 9.28. The van der Waals surface area contributed by atoms with Crippen LogP contribution in [0.2, 0.25) is 0 Å². The second-order valence-corrected chi connectivity index (χ2v) is 23.0. The van der Waals surface area contributed by atoms with Gasteiger partial charge in [-0.05, 0) is 128 Å². The second kappa shape index (κ2) is 25.8. The van der Waals surface area contributed by atoms with Gasteiger partial charge < -0.3 is 39.8 Å². The summed E-state index contributed by atoms with van der Waals surface area (Å²) in [4.78, 5) is 29.3. The predicted molar refractivity (Wildman–Crippen MR) is 273 cm³/mol. The number of piperidine rings is 2. The molecule has 346 valence electrons. The zero-order valence-corrected chi connectivity index (χ0v) is 43.5. The lowest BCUT2D eigenvalue weighted by Crippen LogP contribution is -2.32. The van der Waals surface area contributed by atoms with Crippen molar-refractivity contribution >= 4 is 85.5 Å². The monoisotopic (exact) mass is 1110 g/mol. The van der Waals surface area contributed by atoms with Crippen molar-refractivity contribution in [1.82, 2.24) is 20.4 Å². The SMILES string of the molecule is BrB(Br)Br.CCN(CC)C(=O)c1ccc2c(c1)Oc1c(O)cccc1C2C1CCNCC1.CCN(CC)C(=O)c1ccc2c(c1)Oc1c(OC)cccc1C2C1CCNCC1.ClCCl. The Hall–Kier alpha value is -2.98. The van der Waals surface area contributed by atoms with E-state index in [1.54, 1.807) is 18.1 Å². The third kappa shape index (κ3) is 12.7. The van der Waals surface area contributed by atoms with Crippen molar-refractivity contribution in [3.05, 3.63) is 106 Å². The van der Waals surface area contributed by atoms with Gasteiger partial charge in [-0.15, -0.1) is 70.5 Å². The van der Waals surface area contributed by atoms with E-state index in [4.69, 9.17) is 37.4 Å². The summed E-state index contributed by atoms with van der Waals surface area (Å²) in [6.45, 7) is 14.8. The molecule has 16 heteroatoms. The first-order valence-corrected chi connectivity index (χ1v) is 25.9. The average Bonchev–Trinajstić information content (AvgIpc) is 3.31. The summed E-state index contributed by atoms with van der Waals surface area (Å²) in [5, 5.41) is 17.5. The third-order valence-electron chi connectivity index (χ3n) is 12.4. The highest BCUT2D eigenvalue weighted by Crippen LogP contribution is 2.54. The number of rotatable bonds is 9. The zero-order valence-electron chi connectivity index (χ0n) is 37.3. The molecule has 10 nitrogen and oxygen atoms in total. The molecule has 0 radical (unpaired) electrons. The standard InChI is InChI=1S/C24H30N2O3.C23H28N2O3.CH2Cl2.BBr3/c1-4-26(5-2)24(27)17-9-10-18-21(15-17)29-23-19(7-6-8-20(23)28-3)22(18)16-11-13-25-14-12-16;1-3-25(4-2)23(27)16-8-9-17-20(14-16)28-22-18(6-5-7-19(22)26)21(17)15-10-12-24-13-11-15;2-1-3;2-1(3)4/h6-10,15-16,22,25H,4-5,11-14H2,1-3H3;5-9,14-15,21,24,26H,3-4,10-13H2,1-2H3;1H2;. The highest BCUT2D eigenvalue weighted by Gasteiger charge is 2.37. The molecule has 64 heavy (non-hydrogen) atoms. The Labute approximate surface area is 414 Å². The van der Waals surface area contributed by atoms with Gasteiger partial charge in [-0.2, -0.15) is 0 Å². The Kier molecular flexibility index (Phi) is 21.0. The van der Waals surface area contributed by atoms with Crippen molar-refractivity contribution < 1.29 is 28.9 Å². The molecular weight excluding hydrogens is 1050 g/mol. The third-order valence-corrected chi connectivity index (χ3v) is 12.4. The summed E-state index contributed by atoms with van der Waals surface area (Å²) in [7, 11) is 1.67. The lowest BCUT2D eigenvalue weighted by Gasteiger charge is -2.36. The lowest BCUT2D eigenvalue weighted by atomic mass is 9.74. The largest absolute Gasteiger partial charge is 0.504 e. The van der Waals surface area contributed by atoms with E-state index in [0.29, 0.717) is 60.6 Å². The van der Waals surface area contributed by atoms with Gasteiger partial charge >= 0.3 is 3.18 Å². The Morgan fingerprint density at radius 3 is 1.47 bits per heavy atom. The van der Waals surface area contributed by atoms with Crippen LogP contribution in [0.4, 0.5) is 0 Å². The molecule has 8 rings (SSSR count). The van der Waals surface area contributed by atoms with Crippen LogP contribution >= 0.6 is 70.5 Å². The highest BCUT2D eigenvalue weighted by atomic mass is 79.9. The number of amides is 2. The van der Waals surface area contributed by atoms with Crippen molar-refractivity contribution in [2.75, 3.05) is 64.8 Å². The van der Waals surface area contributed by atoms with Crippen molar-refractivity contribution in [3.63, 3.8) is 0 Å². The van der Waals surface area contributed by atoms with Crippen LogP contribution in [-0.2, 0) is 0 Å². The van der Waals surface area contributed by atoms with Crippen molar-refractivity contribution in [2.24, 2.45) is 11.8 Å². The minimum atomic E-state index is 0.0119. The van der Waals surface area contributed by atoms with Gasteiger partial charge in [0.25, 0.3) is 11.8 Å². The van der Waals surface area contributed by atoms with Gasteiger partial charge in [-0.3, -0.25) is 9.59 Å². The number of alkyl halides is 2.